The molecule has 0 heterocycles. The van der Waals surface area contributed by atoms with E-state index < -0.39 is 0 Å². The standard InChI is InChI=1S/C15H21ClFN/c1-12-6-8-15(11-16,9-7-12)18-10-13-4-2-3-5-14(13)17/h2-5,12,18H,6-11H2,1H3. The molecule has 0 unspecified atom stereocenters. The van der Waals surface area contributed by atoms with Gasteiger partial charge in [0.25, 0.3) is 0 Å². The molecule has 1 aliphatic carbocycles. The molecule has 1 fully saturated rings. The Bertz CT molecular complexity index is 386. The SMILES string of the molecule is CC1CCC(CCl)(NCc2ccccc2F)CC1. The molecular weight excluding hydrogens is 249 g/mol. The predicted octanol–water partition coefficient (Wildman–Crippen LogP) is 4.10. The highest BCUT2D eigenvalue weighted by atomic mass is 35.5. The van der Waals surface area contributed by atoms with Crippen molar-refractivity contribution in [2.24, 2.45) is 5.92 Å². The minimum absolute atomic E-state index is 0.00362. The predicted molar refractivity (Wildman–Crippen MR) is 74.3 cm³/mol. The van der Waals surface area contributed by atoms with Gasteiger partial charge in [0.2, 0.25) is 0 Å². The van der Waals surface area contributed by atoms with Gasteiger partial charge in [-0.3, -0.25) is 0 Å². The van der Waals surface area contributed by atoms with Crippen LogP contribution in [0.25, 0.3) is 0 Å². The van der Waals surface area contributed by atoms with Gasteiger partial charge in [-0.25, -0.2) is 4.39 Å². The van der Waals surface area contributed by atoms with Gasteiger partial charge in [0.05, 0.1) is 0 Å². The smallest absolute Gasteiger partial charge is 0.127 e. The Morgan fingerprint density at radius 1 is 1.33 bits per heavy atom. The first kappa shape index (κ1) is 13.8. The molecule has 2 rings (SSSR count). The molecule has 0 radical (unpaired) electrons. The van der Waals surface area contributed by atoms with Crippen molar-refractivity contribution < 1.29 is 4.39 Å². The van der Waals surface area contributed by atoms with E-state index >= 15 is 0 Å². The summed E-state index contributed by atoms with van der Waals surface area (Å²) >= 11 is 6.13. The molecule has 1 aromatic carbocycles. The van der Waals surface area contributed by atoms with Crippen molar-refractivity contribution in [3.05, 3.63) is 35.6 Å². The Morgan fingerprint density at radius 3 is 2.61 bits per heavy atom. The van der Waals surface area contributed by atoms with Crippen molar-refractivity contribution in [2.45, 2.75) is 44.7 Å². The molecule has 1 N–H and O–H groups in total. The van der Waals surface area contributed by atoms with E-state index in [2.05, 4.69) is 12.2 Å². The number of benzene rings is 1. The number of rotatable bonds is 4. The summed E-state index contributed by atoms with van der Waals surface area (Å²) in [6.45, 7) is 2.85. The van der Waals surface area contributed by atoms with Crippen LogP contribution in [0.3, 0.4) is 0 Å². The number of alkyl halides is 1. The van der Waals surface area contributed by atoms with Gasteiger partial charge in [-0.05, 0) is 37.7 Å². The number of hydrogen-bond acceptors (Lipinski definition) is 1. The maximum absolute atomic E-state index is 13.6. The van der Waals surface area contributed by atoms with E-state index in [1.807, 2.05) is 12.1 Å². The van der Waals surface area contributed by atoms with Crippen LogP contribution in [0.2, 0.25) is 0 Å². The quantitative estimate of drug-likeness (QED) is 0.812. The van der Waals surface area contributed by atoms with E-state index in [9.17, 15) is 4.39 Å². The molecule has 3 heteroatoms. The lowest BCUT2D eigenvalue weighted by molar-refractivity contribution is 0.215. The summed E-state index contributed by atoms with van der Waals surface area (Å²) in [4.78, 5) is 0. The first-order valence-electron chi connectivity index (χ1n) is 6.70. The third-order valence-corrected chi connectivity index (χ3v) is 4.61. The van der Waals surface area contributed by atoms with Crippen molar-refractivity contribution in [3.8, 4) is 0 Å². The van der Waals surface area contributed by atoms with E-state index in [0.29, 0.717) is 12.4 Å². The molecule has 0 spiro atoms. The minimum atomic E-state index is -0.140. The van der Waals surface area contributed by atoms with Crippen LogP contribution < -0.4 is 5.32 Å². The fourth-order valence-corrected chi connectivity index (χ4v) is 2.96. The molecule has 0 aliphatic heterocycles. The van der Waals surface area contributed by atoms with Crippen molar-refractivity contribution in [3.63, 3.8) is 0 Å². The molecule has 1 aromatic rings. The lowest BCUT2D eigenvalue weighted by atomic mass is 9.78. The summed E-state index contributed by atoms with van der Waals surface area (Å²) in [7, 11) is 0. The van der Waals surface area contributed by atoms with Gasteiger partial charge in [-0.1, -0.05) is 25.1 Å². The monoisotopic (exact) mass is 269 g/mol. The molecule has 0 atom stereocenters. The van der Waals surface area contributed by atoms with Gasteiger partial charge >= 0.3 is 0 Å². The van der Waals surface area contributed by atoms with Gasteiger partial charge in [-0.15, -0.1) is 11.6 Å². The molecule has 0 amide bonds. The van der Waals surface area contributed by atoms with Gasteiger partial charge in [0, 0.05) is 23.5 Å². The highest BCUT2D eigenvalue weighted by molar-refractivity contribution is 6.18. The topological polar surface area (TPSA) is 12.0 Å². The third-order valence-electron chi connectivity index (χ3n) is 4.10. The molecule has 1 nitrogen and oxygen atoms in total. The summed E-state index contributed by atoms with van der Waals surface area (Å²) in [6, 6.07) is 6.93. The van der Waals surface area contributed by atoms with Gasteiger partial charge in [-0.2, -0.15) is 0 Å². The van der Waals surface area contributed by atoms with Crippen LogP contribution in [0.5, 0.6) is 0 Å². The first-order chi connectivity index (χ1) is 8.65. The van der Waals surface area contributed by atoms with E-state index in [4.69, 9.17) is 11.6 Å². The fraction of sp³-hybridized carbons (Fsp3) is 0.600. The van der Waals surface area contributed by atoms with Gasteiger partial charge in [0.15, 0.2) is 0 Å². The summed E-state index contributed by atoms with van der Waals surface area (Å²) in [6.07, 6.45) is 4.59. The Morgan fingerprint density at radius 2 is 2.00 bits per heavy atom. The second-order valence-corrected chi connectivity index (χ2v) is 5.81. The molecule has 0 saturated heterocycles. The lowest BCUT2D eigenvalue weighted by Gasteiger charge is -2.39. The van der Waals surface area contributed by atoms with Crippen molar-refractivity contribution in [2.75, 3.05) is 5.88 Å². The van der Waals surface area contributed by atoms with Gasteiger partial charge in [0.1, 0.15) is 5.82 Å². The van der Waals surface area contributed by atoms with Crippen LogP contribution in [-0.2, 0) is 6.54 Å². The van der Waals surface area contributed by atoms with Crippen LogP contribution in [0.4, 0.5) is 4.39 Å². The van der Waals surface area contributed by atoms with Crippen LogP contribution in [0.1, 0.15) is 38.2 Å². The van der Waals surface area contributed by atoms with Crippen molar-refractivity contribution in [1.29, 1.82) is 0 Å². The Kier molecular flexibility index (Phi) is 4.63. The highest BCUT2D eigenvalue weighted by Crippen LogP contribution is 2.33. The Labute approximate surface area is 114 Å². The van der Waals surface area contributed by atoms with Gasteiger partial charge < -0.3 is 5.32 Å². The van der Waals surface area contributed by atoms with Crippen molar-refractivity contribution >= 4 is 11.6 Å². The normalized spacial score (nSPS) is 28.3. The third kappa shape index (κ3) is 3.24. The molecule has 1 aliphatic rings. The molecule has 0 aromatic heterocycles. The Hall–Kier alpha value is -0.600. The van der Waals surface area contributed by atoms with Crippen LogP contribution in [0.15, 0.2) is 24.3 Å². The zero-order valence-corrected chi connectivity index (χ0v) is 11.6. The average molecular weight is 270 g/mol. The fourth-order valence-electron chi connectivity index (χ4n) is 2.60. The largest absolute Gasteiger partial charge is 0.306 e. The molecule has 1 saturated carbocycles. The minimum Gasteiger partial charge on any atom is -0.306 e. The molecule has 18 heavy (non-hydrogen) atoms. The number of halogens is 2. The molecule has 0 bridgehead atoms. The van der Waals surface area contributed by atoms with Crippen LogP contribution in [-0.4, -0.2) is 11.4 Å². The molecule has 100 valence electrons. The molecular formula is C15H21ClFN. The second kappa shape index (κ2) is 6.03. The summed E-state index contributed by atoms with van der Waals surface area (Å²) in [5.74, 6) is 1.25. The Balaban J connectivity index is 1.97. The maximum Gasteiger partial charge on any atom is 0.127 e. The zero-order valence-electron chi connectivity index (χ0n) is 10.9. The second-order valence-electron chi connectivity index (χ2n) is 5.54. The van der Waals surface area contributed by atoms with E-state index in [1.54, 1.807) is 6.07 Å². The maximum atomic E-state index is 13.6. The van der Waals surface area contributed by atoms with Crippen LogP contribution >= 0.6 is 11.6 Å². The summed E-state index contributed by atoms with van der Waals surface area (Å²) in [5, 5.41) is 3.49. The lowest BCUT2D eigenvalue weighted by Crippen LogP contribution is -2.49. The average Bonchev–Trinajstić information content (AvgIpc) is 2.40. The van der Waals surface area contributed by atoms with E-state index in [1.165, 1.54) is 18.9 Å². The zero-order chi connectivity index (χ0) is 13.0. The van der Waals surface area contributed by atoms with Crippen LogP contribution in [0, 0.1) is 11.7 Å². The summed E-state index contributed by atoms with van der Waals surface area (Å²) < 4.78 is 13.6. The van der Waals surface area contributed by atoms with E-state index in [0.717, 1.165) is 24.3 Å². The van der Waals surface area contributed by atoms with Crippen molar-refractivity contribution in [1.82, 2.24) is 5.32 Å². The summed E-state index contributed by atoms with van der Waals surface area (Å²) in [5.41, 5.74) is 0.719. The first-order valence-corrected chi connectivity index (χ1v) is 7.23. The van der Waals surface area contributed by atoms with E-state index in [-0.39, 0.29) is 11.4 Å². The number of nitrogens with one attached hydrogen (secondary N) is 1. The number of hydrogen-bond donors (Lipinski definition) is 1. The highest BCUT2D eigenvalue weighted by Gasteiger charge is 2.32.